The van der Waals surface area contributed by atoms with E-state index in [9.17, 15) is 20.2 Å². The molecule has 1 aromatic heterocycles. The molecule has 0 aliphatic rings. The molecule has 0 unspecified atom stereocenters. The van der Waals surface area contributed by atoms with E-state index in [1.165, 1.54) is 36.4 Å². The third-order valence-corrected chi connectivity index (χ3v) is 4.34. The van der Waals surface area contributed by atoms with Crippen molar-refractivity contribution in [3.63, 3.8) is 0 Å². The molecule has 1 heterocycles. The fourth-order valence-electron chi connectivity index (χ4n) is 2.18. The van der Waals surface area contributed by atoms with Gasteiger partial charge >= 0.3 is 0 Å². The number of hydrogen-bond donors (Lipinski definition) is 1. The smallest absolute Gasteiger partial charge is 0.298 e. The number of thiazole rings is 1. The van der Waals surface area contributed by atoms with Gasteiger partial charge in [-0.25, -0.2) is 4.98 Å². The number of nitrogens with zero attached hydrogens (tertiary/aromatic N) is 5. The highest BCUT2D eigenvalue weighted by atomic mass is 35.5. The highest BCUT2D eigenvalue weighted by Gasteiger charge is 2.17. The standard InChI is InChI=1S/C15H9ClN6O4S/c16-9-4-5-11(12(7-9)22(25)26)19-20-14-13(18-15(17)27-14)8-2-1-3-10(6-8)21(23)24/h1-7H,(H2,17,18). The molecule has 0 radical (unpaired) electrons. The number of non-ortho nitro benzene ring substituents is 1. The molecule has 0 spiro atoms. The first-order valence-corrected chi connectivity index (χ1v) is 8.41. The fraction of sp³-hybridized carbons (Fsp3) is 0. The molecule has 27 heavy (non-hydrogen) atoms. The summed E-state index contributed by atoms with van der Waals surface area (Å²) >= 11 is 6.77. The molecule has 0 bridgehead atoms. The zero-order valence-corrected chi connectivity index (χ0v) is 14.8. The third kappa shape index (κ3) is 4.04. The Labute approximate surface area is 160 Å². The monoisotopic (exact) mass is 404 g/mol. The summed E-state index contributed by atoms with van der Waals surface area (Å²) in [4.78, 5) is 25.1. The largest absolute Gasteiger partial charge is 0.375 e. The van der Waals surface area contributed by atoms with Crippen molar-refractivity contribution in [2.75, 3.05) is 5.73 Å². The summed E-state index contributed by atoms with van der Waals surface area (Å²) in [5, 5.41) is 30.6. The van der Waals surface area contributed by atoms with Crippen molar-refractivity contribution >= 4 is 50.1 Å². The molecule has 0 fully saturated rings. The summed E-state index contributed by atoms with van der Waals surface area (Å²) in [6.45, 7) is 0. The second-order valence-electron chi connectivity index (χ2n) is 5.10. The Bertz CT molecular complexity index is 1080. The Morgan fingerprint density at radius 2 is 1.85 bits per heavy atom. The number of nitrogen functional groups attached to an aromatic ring is 1. The lowest BCUT2D eigenvalue weighted by molar-refractivity contribution is -0.384. The van der Waals surface area contributed by atoms with Crippen LogP contribution in [0.4, 0.5) is 27.2 Å². The summed E-state index contributed by atoms with van der Waals surface area (Å²) in [5.74, 6) is 0. The molecule has 3 rings (SSSR count). The number of benzene rings is 2. The van der Waals surface area contributed by atoms with Gasteiger partial charge in [0.25, 0.3) is 11.4 Å². The van der Waals surface area contributed by atoms with Crippen LogP contribution in [-0.2, 0) is 0 Å². The van der Waals surface area contributed by atoms with Crippen LogP contribution in [0.3, 0.4) is 0 Å². The predicted octanol–water partition coefficient (Wildman–Crippen LogP) is 5.28. The maximum atomic E-state index is 11.1. The normalized spacial score (nSPS) is 11.0. The molecule has 0 amide bonds. The summed E-state index contributed by atoms with van der Waals surface area (Å²) in [6.07, 6.45) is 0. The van der Waals surface area contributed by atoms with Crippen LogP contribution in [0.5, 0.6) is 0 Å². The van der Waals surface area contributed by atoms with Gasteiger partial charge < -0.3 is 5.73 Å². The van der Waals surface area contributed by atoms with Crippen LogP contribution < -0.4 is 5.73 Å². The van der Waals surface area contributed by atoms with Crippen molar-refractivity contribution < 1.29 is 9.85 Å². The number of nitro groups is 2. The number of rotatable bonds is 5. The Hall–Kier alpha value is -3.44. The van der Waals surface area contributed by atoms with E-state index in [1.807, 2.05) is 0 Å². The van der Waals surface area contributed by atoms with Gasteiger partial charge in [0.2, 0.25) is 0 Å². The van der Waals surface area contributed by atoms with Gasteiger partial charge in [-0.15, -0.1) is 10.2 Å². The lowest BCUT2D eigenvalue weighted by Gasteiger charge is -1.99. The topological polar surface area (TPSA) is 150 Å². The molecule has 136 valence electrons. The first kappa shape index (κ1) is 18.4. The predicted molar refractivity (Wildman–Crippen MR) is 101 cm³/mol. The lowest BCUT2D eigenvalue weighted by atomic mass is 10.1. The van der Waals surface area contributed by atoms with Crippen LogP contribution in [0.2, 0.25) is 5.02 Å². The summed E-state index contributed by atoms with van der Waals surface area (Å²) in [5.41, 5.74) is 6.03. The molecular formula is C15H9ClN6O4S. The minimum atomic E-state index is -0.622. The molecular weight excluding hydrogens is 396 g/mol. The van der Waals surface area contributed by atoms with Gasteiger partial charge in [-0.2, -0.15) is 0 Å². The van der Waals surface area contributed by atoms with Gasteiger partial charge in [0, 0.05) is 28.8 Å². The Kier molecular flexibility index (Phi) is 5.05. The quantitative estimate of drug-likeness (QED) is 0.347. The van der Waals surface area contributed by atoms with E-state index in [0.29, 0.717) is 11.3 Å². The molecule has 0 saturated heterocycles. The average molecular weight is 405 g/mol. The molecule has 10 nitrogen and oxygen atoms in total. The van der Waals surface area contributed by atoms with E-state index >= 15 is 0 Å². The molecule has 3 aromatic rings. The van der Waals surface area contributed by atoms with Gasteiger partial charge in [-0.05, 0) is 12.1 Å². The second-order valence-corrected chi connectivity index (χ2v) is 6.55. The lowest BCUT2D eigenvalue weighted by Crippen LogP contribution is -1.89. The zero-order chi connectivity index (χ0) is 19.6. The van der Waals surface area contributed by atoms with Crippen LogP contribution >= 0.6 is 22.9 Å². The first-order chi connectivity index (χ1) is 12.8. The van der Waals surface area contributed by atoms with Gasteiger partial charge in [0.1, 0.15) is 5.69 Å². The summed E-state index contributed by atoms with van der Waals surface area (Å²) in [6, 6.07) is 9.78. The van der Waals surface area contributed by atoms with E-state index in [2.05, 4.69) is 15.2 Å². The molecule has 2 aromatic carbocycles. The minimum absolute atomic E-state index is 0.00126. The van der Waals surface area contributed by atoms with Crippen molar-refractivity contribution in [2.24, 2.45) is 10.2 Å². The van der Waals surface area contributed by atoms with Gasteiger partial charge in [0.15, 0.2) is 15.8 Å². The number of halogens is 1. The number of hydrogen-bond acceptors (Lipinski definition) is 9. The van der Waals surface area contributed by atoms with Crippen LogP contribution in [0.15, 0.2) is 52.7 Å². The van der Waals surface area contributed by atoms with E-state index in [-0.39, 0.29) is 32.2 Å². The van der Waals surface area contributed by atoms with Crippen molar-refractivity contribution in [3.8, 4) is 11.3 Å². The van der Waals surface area contributed by atoms with Gasteiger partial charge in [-0.1, -0.05) is 35.1 Å². The Balaban J connectivity index is 2.03. The summed E-state index contributed by atoms with van der Waals surface area (Å²) in [7, 11) is 0. The number of aromatic nitrogens is 1. The Morgan fingerprint density at radius 1 is 1.07 bits per heavy atom. The zero-order valence-electron chi connectivity index (χ0n) is 13.3. The van der Waals surface area contributed by atoms with E-state index in [1.54, 1.807) is 6.07 Å². The minimum Gasteiger partial charge on any atom is -0.375 e. The Morgan fingerprint density at radius 3 is 2.56 bits per heavy atom. The average Bonchev–Trinajstić information content (AvgIpc) is 3.01. The maximum absolute atomic E-state index is 11.1. The van der Waals surface area contributed by atoms with Gasteiger partial charge in [-0.3, -0.25) is 20.2 Å². The maximum Gasteiger partial charge on any atom is 0.298 e. The van der Waals surface area contributed by atoms with Crippen LogP contribution in [-0.4, -0.2) is 14.8 Å². The van der Waals surface area contributed by atoms with Crippen LogP contribution in [0, 0.1) is 20.2 Å². The van der Waals surface area contributed by atoms with Crippen molar-refractivity contribution in [1.29, 1.82) is 0 Å². The number of nitrogens with two attached hydrogens (primary N) is 1. The highest BCUT2D eigenvalue weighted by Crippen LogP contribution is 2.39. The van der Waals surface area contributed by atoms with E-state index in [0.717, 1.165) is 11.3 Å². The van der Waals surface area contributed by atoms with Crippen molar-refractivity contribution in [1.82, 2.24) is 4.98 Å². The molecule has 12 heteroatoms. The van der Waals surface area contributed by atoms with Gasteiger partial charge in [0.05, 0.1) is 9.85 Å². The van der Waals surface area contributed by atoms with Crippen molar-refractivity contribution in [3.05, 3.63) is 67.7 Å². The first-order valence-electron chi connectivity index (χ1n) is 7.22. The number of anilines is 1. The van der Waals surface area contributed by atoms with Crippen LogP contribution in [0.1, 0.15) is 0 Å². The fourth-order valence-corrected chi connectivity index (χ4v) is 3.02. The molecule has 0 aliphatic heterocycles. The molecule has 0 aliphatic carbocycles. The number of nitro benzene ring substituents is 2. The molecule has 0 atom stereocenters. The SMILES string of the molecule is Nc1nc(-c2cccc([N+](=O)[O-])c2)c(N=Nc2ccc(Cl)cc2[N+](=O)[O-])s1. The highest BCUT2D eigenvalue weighted by molar-refractivity contribution is 7.19. The third-order valence-electron chi connectivity index (χ3n) is 3.34. The van der Waals surface area contributed by atoms with Crippen molar-refractivity contribution in [2.45, 2.75) is 0 Å². The van der Waals surface area contributed by atoms with Crippen LogP contribution in [0.25, 0.3) is 11.3 Å². The summed E-state index contributed by atoms with van der Waals surface area (Å²) < 4.78 is 0. The van der Waals surface area contributed by atoms with E-state index in [4.69, 9.17) is 17.3 Å². The van der Waals surface area contributed by atoms with E-state index < -0.39 is 9.85 Å². The second kappa shape index (κ2) is 7.43. The molecule has 0 saturated carbocycles. The number of azo groups is 1. The molecule has 2 N–H and O–H groups in total.